The van der Waals surface area contributed by atoms with Gasteiger partial charge in [0.25, 0.3) is 5.91 Å². The Morgan fingerprint density at radius 2 is 2.08 bits per heavy atom. The van der Waals surface area contributed by atoms with Crippen molar-refractivity contribution in [2.75, 3.05) is 6.54 Å². The van der Waals surface area contributed by atoms with Crippen molar-refractivity contribution >= 4 is 11.7 Å². The second-order valence-electron chi connectivity index (χ2n) is 7.10. The van der Waals surface area contributed by atoms with Gasteiger partial charge in [-0.05, 0) is 43.7 Å². The molecule has 2 aliphatic rings. The van der Waals surface area contributed by atoms with Crippen LogP contribution in [-0.2, 0) is 9.63 Å². The van der Waals surface area contributed by atoms with Gasteiger partial charge in [-0.2, -0.15) is 5.48 Å². The zero-order chi connectivity index (χ0) is 17.1. The van der Waals surface area contributed by atoms with Crippen molar-refractivity contribution in [3.8, 4) is 0 Å². The fourth-order valence-corrected chi connectivity index (χ4v) is 3.77. The van der Waals surface area contributed by atoms with Crippen LogP contribution in [0.15, 0.2) is 24.3 Å². The lowest BCUT2D eigenvalue weighted by molar-refractivity contribution is -0.160. The highest BCUT2D eigenvalue weighted by atomic mass is 16.7. The summed E-state index contributed by atoms with van der Waals surface area (Å²) in [5, 5.41) is 2.98. The van der Waals surface area contributed by atoms with Crippen molar-refractivity contribution in [1.29, 1.82) is 0 Å². The molecule has 2 fully saturated rings. The molecule has 1 aromatic carbocycles. The van der Waals surface area contributed by atoms with E-state index < -0.39 is 0 Å². The molecule has 4 atom stereocenters. The molecule has 2 N–H and O–H groups in total. The molecule has 0 aromatic heterocycles. The van der Waals surface area contributed by atoms with Crippen LogP contribution in [0.5, 0.6) is 0 Å². The SMILES string of the molecule is Cc1ccc(C(=O)NCCC2NOC3CC(=O)CCC3C2C)cc1. The van der Waals surface area contributed by atoms with Crippen molar-refractivity contribution in [3.63, 3.8) is 0 Å². The maximum absolute atomic E-state index is 12.1. The van der Waals surface area contributed by atoms with E-state index in [1.165, 1.54) is 0 Å². The quantitative estimate of drug-likeness (QED) is 0.889. The summed E-state index contributed by atoms with van der Waals surface area (Å²) in [7, 11) is 0. The Morgan fingerprint density at radius 1 is 1.33 bits per heavy atom. The van der Waals surface area contributed by atoms with Gasteiger partial charge in [0.05, 0.1) is 6.10 Å². The minimum atomic E-state index is -0.0412. The second-order valence-corrected chi connectivity index (χ2v) is 7.10. The molecule has 24 heavy (non-hydrogen) atoms. The van der Waals surface area contributed by atoms with Crippen molar-refractivity contribution in [2.45, 2.75) is 51.7 Å². The van der Waals surface area contributed by atoms with E-state index >= 15 is 0 Å². The average Bonchev–Trinajstić information content (AvgIpc) is 2.57. The minimum absolute atomic E-state index is 0.0136. The van der Waals surface area contributed by atoms with E-state index in [0.29, 0.717) is 42.6 Å². The number of amides is 1. The molecule has 4 unspecified atom stereocenters. The predicted octanol–water partition coefficient (Wildman–Crippen LogP) is 2.39. The molecule has 1 aliphatic carbocycles. The molecule has 1 saturated heterocycles. The third kappa shape index (κ3) is 3.84. The number of aryl methyl sites for hydroxylation is 1. The fourth-order valence-electron chi connectivity index (χ4n) is 3.77. The zero-order valence-corrected chi connectivity index (χ0v) is 14.4. The molecular weight excluding hydrogens is 304 g/mol. The van der Waals surface area contributed by atoms with Crippen LogP contribution in [0.25, 0.3) is 0 Å². The van der Waals surface area contributed by atoms with Crippen LogP contribution < -0.4 is 10.8 Å². The summed E-state index contributed by atoms with van der Waals surface area (Å²) < 4.78 is 0. The van der Waals surface area contributed by atoms with Gasteiger partial charge in [-0.25, -0.2) is 0 Å². The van der Waals surface area contributed by atoms with Crippen LogP contribution in [-0.4, -0.2) is 30.4 Å². The van der Waals surface area contributed by atoms with E-state index in [9.17, 15) is 9.59 Å². The van der Waals surface area contributed by atoms with Gasteiger partial charge in [0.2, 0.25) is 0 Å². The van der Waals surface area contributed by atoms with Gasteiger partial charge in [0.1, 0.15) is 5.78 Å². The Bertz CT molecular complexity index is 599. The standard InChI is InChI=1S/C19H26N2O3/c1-12-3-5-14(6-4-12)19(23)20-10-9-17-13(2)16-8-7-15(22)11-18(16)24-21-17/h3-6,13,16-18,21H,7-11H2,1-2H3,(H,20,23). The maximum atomic E-state index is 12.1. The van der Waals surface area contributed by atoms with Crippen LogP contribution in [0.3, 0.4) is 0 Å². The summed E-state index contributed by atoms with van der Waals surface area (Å²) in [5.74, 6) is 1.13. The Labute approximate surface area is 143 Å². The third-order valence-electron chi connectivity index (χ3n) is 5.40. The van der Waals surface area contributed by atoms with Crippen molar-refractivity contribution in [1.82, 2.24) is 10.8 Å². The topological polar surface area (TPSA) is 67.4 Å². The Hall–Kier alpha value is -1.72. The first-order valence-electron chi connectivity index (χ1n) is 8.82. The first kappa shape index (κ1) is 17.1. The maximum Gasteiger partial charge on any atom is 0.251 e. The van der Waals surface area contributed by atoms with Crippen LogP contribution in [0, 0.1) is 18.8 Å². The first-order valence-corrected chi connectivity index (χ1v) is 8.82. The summed E-state index contributed by atoms with van der Waals surface area (Å²) in [6, 6.07) is 7.78. The summed E-state index contributed by atoms with van der Waals surface area (Å²) in [4.78, 5) is 29.4. The largest absolute Gasteiger partial charge is 0.352 e. The Kier molecular flexibility index (Phi) is 5.31. The summed E-state index contributed by atoms with van der Waals surface area (Å²) in [6.45, 7) is 4.83. The molecule has 1 aliphatic heterocycles. The third-order valence-corrected chi connectivity index (χ3v) is 5.40. The molecule has 130 valence electrons. The summed E-state index contributed by atoms with van der Waals surface area (Å²) in [6.07, 6.45) is 2.94. The molecule has 0 spiro atoms. The molecule has 0 radical (unpaired) electrons. The van der Waals surface area contributed by atoms with Crippen molar-refractivity contribution in [3.05, 3.63) is 35.4 Å². The van der Waals surface area contributed by atoms with Crippen LogP contribution in [0.1, 0.15) is 48.5 Å². The van der Waals surface area contributed by atoms with Crippen LogP contribution in [0.4, 0.5) is 0 Å². The number of hydroxylamine groups is 1. The number of fused-ring (bicyclic) bond motifs is 1. The zero-order valence-electron chi connectivity index (χ0n) is 14.4. The number of hydrogen-bond acceptors (Lipinski definition) is 4. The monoisotopic (exact) mass is 330 g/mol. The predicted molar refractivity (Wildman–Crippen MR) is 91.4 cm³/mol. The van der Waals surface area contributed by atoms with Crippen molar-refractivity contribution < 1.29 is 14.4 Å². The van der Waals surface area contributed by atoms with E-state index in [2.05, 4.69) is 17.7 Å². The van der Waals surface area contributed by atoms with Crippen molar-refractivity contribution in [2.24, 2.45) is 11.8 Å². The lowest BCUT2D eigenvalue weighted by Crippen LogP contribution is -2.53. The van der Waals surface area contributed by atoms with Gasteiger partial charge in [-0.3, -0.25) is 14.4 Å². The number of carbonyl (C=O) groups excluding carboxylic acids is 2. The van der Waals surface area contributed by atoms with Gasteiger partial charge in [0, 0.05) is 31.0 Å². The van der Waals surface area contributed by atoms with E-state index in [-0.39, 0.29) is 18.1 Å². The van der Waals surface area contributed by atoms with Gasteiger partial charge in [-0.15, -0.1) is 0 Å². The molecule has 0 bridgehead atoms. The highest BCUT2D eigenvalue weighted by molar-refractivity contribution is 5.94. The van der Waals surface area contributed by atoms with Crippen LogP contribution in [0.2, 0.25) is 0 Å². The van der Waals surface area contributed by atoms with E-state index in [0.717, 1.165) is 18.4 Å². The lowest BCUT2D eigenvalue weighted by Gasteiger charge is -2.43. The number of Topliss-reactive ketones (excluding diaryl/α,β-unsaturated/α-hetero) is 1. The Balaban J connectivity index is 1.47. The van der Waals surface area contributed by atoms with Gasteiger partial charge < -0.3 is 5.32 Å². The molecule has 1 heterocycles. The van der Waals surface area contributed by atoms with Gasteiger partial charge >= 0.3 is 0 Å². The highest BCUT2D eigenvalue weighted by Gasteiger charge is 2.40. The summed E-state index contributed by atoms with van der Waals surface area (Å²) >= 11 is 0. The first-order chi connectivity index (χ1) is 11.5. The number of hydrogen-bond donors (Lipinski definition) is 2. The molecule has 5 heteroatoms. The van der Waals surface area contributed by atoms with E-state index in [1.54, 1.807) is 0 Å². The molecule has 1 amide bonds. The lowest BCUT2D eigenvalue weighted by atomic mass is 9.74. The molecule has 3 rings (SSSR count). The Morgan fingerprint density at radius 3 is 2.83 bits per heavy atom. The molecule has 1 aromatic rings. The smallest absolute Gasteiger partial charge is 0.251 e. The number of benzene rings is 1. The van der Waals surface area contributed by atoms with Gasteiger partial charge in [0.15, 0.2) is 0 Å². The van der Waals surface area contributed by atoms with E-state index in [4.69, 9.17) is 4.84 Å². The van der Waals surface area contributed by atoms with E-state index in [1.807, 2.05) is 31.2 Å². The second kappa shape index (κ2) is 7.45. The molecular formula is C19H26N2O3. The number of ketones is 1. The minimum Gasteiger partial charge on any atom is -0.352 e. The molecule has 1 saturated carbocycles. The van der Waals surface area contributed by atoms with Gasteiger partial charge in [-0.1, -0.05) is 24.6 Å². The fraction of sp³-hybridized carbons (Fsp3) is 0.579. The average molecular weight is 330 g/mol. The molecule has 5 nitrogen and oxygen atoms in total. The highest BCUT2D eigenvalue weighted by Crippen LogP contribution is 2.35. The van der Waals surface area contributed by atoms with Crippen LogP contribution >= 0.6 is 0 Å². The number of carbonyl (C=O) groups is 2. The normalized spacial score (nSPS) is 29.8. The number of nitrogens with one attached hydrogen (secondary N) is 2. The summed E-state index contributed by atoms with van der Waals surface area (Å²) in [5.41, 5.74) is 4.94. The number of rotatable bonds is 4.